The highest BCUT2D eigenvalue weighted by molar-refractivity contribution is 5.80. The molecule has 5 heteroatoms. The number of ether oxygens (including phenoxy) is 1. The highest BCUT2D eigenvalue weighted by Crippen LogP contribution is 2.13. The van der Waals surface area contributed by atoms with Crippen molar-refractivity contribution in [3.8, 4) is 0 Å². The van der Waals surface area contributed by atoms with Crippen molar-refractivity contribution in [2.24, 2.45) is 5.92 Å². The van der Waals surface area contributed by atoms with Gasteiger partial charge >= 0.3 is 5.97 Å². The number of rotatable bonds is 10. The van der Waals surface area contributed by atoms with Crippen LogP contribution in [-0.2, 0) is 20.7 Å². The fraction of sp³-hybridized carbons (Fsp3) is 0.579. The molecule has 0 spiro atoms. The SMILES string of the molecule is CCOCCCN(CC(C)C(=O)O)C(=O)Cc1cc(C)ccc1C. The van der Waals surface area contributed by atoms with Crippen molar-refractivity contribution in [2.75, 3.05) is 26.3 Å². The maximum Gasteiger partial charge on any atom is 0.308 e. The Morgan fingerprint density at radius 1 is 1.29 bits per heavy atom. The van der Waals surface area contributed by atoms with Gasteiger partial charge in [0.05, 0.1) is 12.3 Å². The Bertz CT molecular complexity index is 556. The van der Waals surface area contributed by atoms with Crippen LogP contribution in [0.25, 0.3) is 0 Å². The average Bonchev–Trinajstić information content (AvgIpc) is 2.53. The van der Waals surface area contributed by atoms with Gasteiger partial charge in [0.1, 0.15) is 0 Å². The maximum atomic E-state index is 12.7. The minimum atomic E-state index is -0.885. The Kier molecular flexibility index (Phi) is 8.47. The number of aryl methyl sites for hydroxylation is 2. The van der Waals surface area contributed by atoms with Crippen LogP contribution in [0.2, 0.25) is 0 Å². The van der Waals surface area contributed by atoms with E-state index >= 15 is 0 Å². The molecule has 1 aromatic carbocycles. The Morgan fingerprint density at radius 3 is 2.62 bits per heavy atom. The second-order valence-electron chi connectivity index (χ2n) is 6.24. The molecule has 0 aliphatic carbocycles. The van der Waals surface area contributed by atoms with Crippen molar-refractivity contribution in [1.82, 2.24) is 4.90 Å². The Hall–Kier alpha value is -1.88. The van der Waals surface area contributed by atoms with Gasteiger partial charge in [-0.2, -0.15) is 0 Å². The molecule has 0 radical (unpaired) electrons. The molecule has 1 atom stereocenters. The van der Waals surface area contributed by atoms with Crippen LogP contribution in [0.15, 0.2) is 18.2 Å². The first-order chi connectivity index (χ1) is 11.3. The molecule has 134 valence electrons. The largest absolute Gasteiger partial charge is 0.481 e. The first kappa shape index (κ1) is 20.2. The molecule has 1 amide bonds. The molecule has 5 nitrogen and oxygen atoms in total. The van der Waals surface area contributed by atoms with E-state index in [1.54, 1.807) is 11.8 Å². The number of benzene rings is 1. The molecule has 0 saturated carbocycles. The van der Waals surface area contributed by atoms with Crippen LogP contribution in [0, 0.1) is 19.8 Å². The van der Waals surface area contributed by atoms with Gasteiger partial charge in [0.15, 0.2) is 0 Å². The molecule has 1 N–H and O–H groups in total. The zero-order valence-electron chi connectivity index (χ0n) is 15.2. The van der Waals surface area contributed by atoms with Gasteiger partial charge in [-0.05, 0) is 38.3 Å². The smallest absolute Gasteiger partial charge is 0.308 e. The average molecular weight is 335 g/mol. The minimum Gasteiger partial charge on any atom is -0.481 e. The number of amides is 1. The monoisotopic (exact) mass is 335 g/mol. The number of carboxylic acids is 1. The fourth-order valence-electron chi connectivity index (χ4n) is 2.49. The van der Waals surface area contributed by atoms with Crippen LogP contribution >= 0.6 is 0 Å². The molecule has 1 rings (SSSR count). The van der Waals surface area contributed by atoms with E-state index < -0.39 is 11.9 Å². The zero-order valence-corrected chi connectivity index (χ0v) is 15.2. The van der Waals surface area contributed by atoms with Gasteiger partial charge in [0.2, 0.25) is 5.91 Å². The van der Waals surface area contributed by atoms with Crippen LogP contribution in [0.4, 0.5) is 0 Å². The maximum absolute atomic E-state index is 12.7. The van der Waals surface area contributed by atoms with Crippen molar-refractivity contribution in [3.63, 3.8) is 0 Å². The molecular formula is C19H29NO4. The van der Waals surface area contributed by atoms with Crippen LogP contribution in [0.5, 0.6) is 0 Å². The van der Waals surface area contributed by atoms with Crippen molar-refractivity contribution < 1.29 is 19.4 Å². The predicted octanol–water partition coefficient (Wildman–Crippen LogP) is 2.82. The van der Waals surface area contributed by atoms with E-state index in [1.807, 2.05) is 39.0 Å². The number of hydrogen-bond acceptors (Lipinski definition) is 3. The molecule has 1 aromatic rings. The molecule has 0 bridgehead atoms. The summed E-state index contributed by atoms with van der Waals surface area (Å²) in [4.78, 5) is 25.5. The van der Waals surface area contributed by atoms with Gasteiger partial charge in [0.25, 0.3) is 0 Å². The van der Waals surface area contributed by atoms with Gasteiger partial charge in [-0.3, -0.25) is 9.59 Å². The predicted molar refractivity (Wildman–Crippen MR) is 94.1 cm³/mol. The second-order valence-corrected chi connectivity index (χ2v) is 6.24. The summed E-state index contributed by atoms with van der Waals surface area (Å²) in [6, 6.07) is 6.05. The van der Waals surface area contributed by atoms with Crippen LogP contribution in [0.3, 0.4) is 0 Å². The van der Waals surface area contributed by atoms with Crippen LogP contribution in [-0.4, -0.2) is 48.2 Å². The van der Waals surface area contributed by atoms with Gasteiger partial charge in [-0.15, -0.1) is 0 Å². The molecule has 0 aliphatic heterocycles. The molecule has 24 heavy (non-hydrogen) atoms. The molecular weight excluding hydrogens is 306 g/mol. The third-order valence-electron chi connectivity index (χ3n) is 4.04. The Balaban J connectivity index is 2.77. The van der Waals surface area contributed by atoms with E-state index in [1.165, 1.54) is 0 Å². The topological polar surface area (TPSA) is 66.8 Å². The van der Waals surface area contributed by atoms with Gasteiger partial charge in [0, 0.05) is 26.3 Å². The van der Waals surface area contributed by atoms with Crippen molar-refractivity contribution >= 4 is 11.9 Å². The molecule has 0 saturated heterocycles. The lowest BCUT2D eigenvalue weighted by molar-refractivity contribution is -0.143. The Labute approximate surface area is 144 Å². The lowest BCUT2D eigenvalue weighted by Gasteiger charge is -2.25. The molecule has 0 fully saturated rings. The van der Waals surface area contributed by atoms with Gasteiger partial charge < -0.3 is 14.7 Å². The van der Waals surface area contributed by atoms with E-state index in [2.05, 4.69) is 0 Å². The summed E-state index contributed by atoms with van der Waals surface area (Å²) < 4.78 is 5.31. The highest BCUT2D eigenvalue weighted by Gasteiger charge is 2.21. The molecule has 1 unspecified atom stereocenters. The Morgan fingerprint density at radius 2 is 2.00 bits per heavy atom. The normalized spacial score (nSPS) is 12.0. The van der Waals surface area contributed by atoms with E-state index in [4.69, 9.17) is 9.84 Å². The summed E-state index contributed by atoms with van der Waals surface area (Å²) in [6.45, 7) is 9.50. The quantitative estimate of drug-likeness (QED) is 0.668. The van der Waals surface area contributed by atoms with E-state index in [9.17, 15) is 9.59 Å². The van der Waals surface area contributed by atoms with Gasteiger partial charge in [-0.25, -0.2) is 0 Å². The molecule has 0 aromatic heterocycles. The van der Waals surface area contributed by atoms with E-state index in [0.29, 0.717) is 32.6 Å². The highest BCUT2D eigenvalue weighted by atomic mass is 16.5. The van der Waals surface area contributed by atoms with E-state index in [0.717, 1.165) is 16.7 Å². The summed E-state index contributed by atoms with van der Waals surface area (Å²) in [5.41, 5.74) is 3.19. The number of carbonyl (C=O) groups is 2. The third-order valence-corrected chi connectivity index (χ3v) is 4.04. The summed E-state index contributed by atoms with van der Waals surface area (Å²) in [7, 11) is 0. The summed E-state index contributed by atoms with van der Waals surface area (Å²) in [5.74, 6) is -1.50. The first-order valence-electron chi connectivity index (χ1n) is 8.49. The number of aliphatic carboxylic acids is 1. The molecule has 0 heterocycles. The van der Waals surface area contributed by atoms with Crippen molar-refractivity contribution in [2.45, 2.75) is 40.5 Å². The molecule has 0 aliphatic rings. The third kappa shape index (κ3) is 6.71. The number of carboxylic acid groups (broad SMARTS) is 1. The van der Waals surface area contributed by atoms with Crippen LogP contribution < -0.4 is 0 Å². The summed E-state index contributed by atoms with van der Waals surface area (Å²) in [6.07, 6.45) is 1.01. The van der Waals surface area contributed by atoms with Gasteiger partial charge in [-0.1, -0.05) is 30.7 Å². The van der Waals surface area contributed by atoms with Crippen LogP contribution in [0.1, 0.15) is 37.0 Å². The standard InChI is InChI=1S/C19H29NO4/c1-5-24-10-6-9-20(13-16(4)19(22)23)18(21)12-17-11-14(2)7-8-15(17)3/h7-8,11,16H,5-6,9-10,12-13H2,1-4H3,(H,22,23). The van der Waals surface area contributed by atoms with Crippen molar-refractivity contribution in [1.29, 1.82) is 0 Å². The van der Waals surface area contributed by atoms with E-state index in [-0.39, 0.29) is 12.5 Å². The number of carbonyl (C=O) groups excluding carboxylic acids is 1. The lowest BCUT2D eigenvalue weighted by atomic mass is 10.0. The lowest BCUT2D eigenvalue weighted by Crippen LogP contribution is -2.39. The summed E-state index contributed by atoms with van der Waals surface area (Å²) >= 11 is 0. The fourth-order valence-corrected chi connectivity index (χ4v) is 2.49. The zero-order chi connectivity index (χ0) is 18.1. The minimum absolute atomic E-state index is 0.0340. The number of nitrogens with zero attached hydrogens (tertiary/aromatic N) is 1. The first-order valence-corrected chi connectivity index (χ1v) is 8.49. The van der Waals surface area contributed by atoms with Crippen molar-refractivity contribution in [3.05, 3.63) is 34.9 Å². The second kappa shape index (κ2) is 10.1. The number of hydrogen-bond donors (Lipinski definition) is 1. The summed E-state index contributed by atoms with van der Waals surface area (Å²) in [5, 5.41) is 9.13.